The maximum atomic E-state index is 12.9. The molecule has 2 aromatic heterocycles. The van der Waals surface area contributed by atoms with E-state index in [0.717, 1.165) is 28.1 Å². The van der Waals surface area contributed by atoms with Crippen molar-refractivity contribution in [3.63, 3.8) is 0 Å². The lowest BCUT2D eigenvalue weighted by Gasteiger charge is -2.15. The second-order valence-corrected chi connectivity index (χ2v) is 9.59. The van der Waals surface area contributed by atoms with E-state index in [2.05, 4.69) is 4.98 Å². The van der Waals surface area contributed by atoms with E-state index in [0.29, 0.717) is 27.2 Å². The highest BCUT2D eigenvalue weighted by atomic mass is 32.1. The molecule has 0 saturated heterocycles. The van der Waals surface area contributed by atoms with Crippen LogP contribution < -0.4 is 0 Å². The molecule has 5 nitrogen and oxygen atoms in total. The van der Waals surface area contributed by atoms with E-state index in [4.69, 9.17) is 4.98 Å². The van der Waals surface area contributed by atoms with E-state index >= 15 is 0 Å². The summed E-state index contributed by atoms with van der Waals surface area (Å²) in [4.78, 5) is 19.8. The normalized spacial score (nSPS) is 13.0. The van der Waals surface area contributed by atoms with E-state index in [9.17, 15) is 28.2 Å². The van der Waals surface area contributed by atoms with Crippen LogP contribution in [0.3, 0.4) is 0 Å². The second kappa shape index (κ2) is 8.79. The smallest absolute Gasteiger partial charge is 0.416 e. The molecule has 2 heterocycles. The van der Waals surface area contributed by atoms with E-state index in [1.165, 1.54) is 23.5 Å². The molecule has 9 heteroatoms. The number of aliphatic carboxylic acids is 1. The minimum absolute atomic E-state index is 0.0533. The zero-order chi connectivity index (χ0) is 24.8. The first-order valence-corrected chi connectivity index (χ1v) is 11.5. The summed E-state index contributed by atoms with van der Waals surface area (Å²) in [5, 5.41) is 21.3. The van der Waals surface area contributed by atoms with Crippen molar-refractivity contribution in [1.82, 2.24) is 9.97 Å². The monoisotopic (exact) mass is 488 g/mol. The van der Waals surface area contributed by atoms with E-state index in [-0.39, 0.29) is 24.0 Å². The van der Waals surface area contributed by atoms with Gasteiger partial charge in [0.2, 0.25) is 0 Å². The number of phenols is 1. The number of rotatable bonds is 6. The predicted molar refractivity (Wildman–Crippen MR) is 125 cm³/mol. The topological polar surface area (TPSA) is 86.2 Å². The van der Waals surface area contributed by atoms with Gasteiger partial charge in [-0.1, -0.05) is 32.9 Å². The quantitative estimate of drug-likeness (QED) is 0.275. The Bertz CT molecular complexity index is 1350. The molecule has 0 fully saturated rings. The number of carbonyl (C=O) groups is 1. The minimum Gasteiger partial charge on any atom is -0.508 e. The van der Waals surface area contributed by atoms with Crippen molar-refractivity contribution in [2.75, 3.05) is 0 Å². The summed E-state index contributed by atoms with van der Waals surface area (Å²) in [5.74, 6) is -1.09. The molecule has 1 atom stereocenters. The standard InChI is InChI=1S/C25H23F3N2O3S/c1-12(2)22-23(34-24(30-22)14-4-6-16(7-5-14)25(26,27)28)13(3)17-9-18-15(8-21(32)33)11-29-19(18)10-20(17)31/h4-7,9-13,29,31H,8H2,1-3H3,(H,32,33). The molecule has 1 unspecified atom stereocenters. The van der Waals surface area contributed by atoms with Gasteiger partial charge in [-0.3, -0.25) is 4.79 Å². The maximum Gasteiger partial charge on any atom is 0.416 e. The largest absolute Gasteiger partial charge is 0.508 e. The van der Waals surface area contributed by atoms with Gasteiger partial charge in [-0.05, 0) is 29.7 Å². The fourth-order valence-corrected chi connectivity index (χ4v) is 5.32. The lowest BCUT2D eigenvalue weighted by atomic mass is 9.93. The molecule has 0 amide bonds. The first-order chi connectivity index (χ1) is 16.0. The summed E-state index contributed by atoms with van der Waals surface area (Å²) in [5.41, 5.74) is 2.58. The number of nitrogens with zero attached hydrogens (tertiary/aromatic N) is 1. The number of halogens is 3. The van der Waals surface area contributed by atoms with Crippen LogP contribution in [0.2, 0.25) is 0 Å². The first kappa shape index (κ1) is 23.8. The summed E-state index contributed by atoms with van der Waals surface area (Å²) in [6, 6.07) is 8.31. The molecule has 3 N–H and O–H groups in total. The van der Waals surface area contributed by atoms with Gasteiger partial charge in [0.05, 0.1) is 17.7 Å². The number of hydrogen-bond donors (Lipinski definition) is 3. The predicted octanol–water partition coefficient (Wildman–Crippen LogP) is 6.92. The zero-order valence-electron chi connectivity index (χ0n) is 18.7. The van der Waals surface area contributed by atoms with Crippen LogP contribution in [0.1, 0.15) is 59.9 Å². The Morgan fingerprint density at radius 2 is 1.82 bits per heavy atom. The third kappa shape index (κ3) is 4.52. The van der Waals surface area contributed by atoms with Gasteiger partial charge in [0.1, 0.15) is 10.8 Å². The first-order valence-electron chi connectivity index (χ1n) is 10.7. The Kier molecular flexibility index (Phi) is 6.16. The van der Waals surface area contributed by atoms with Gasteiger partial charge < -0.3 is 15.2 Å². The number of fused-ring (bicyclic) bond motifs is 1. The number of nitrogens with one attached hydrogen (secondary N) is 1. The maximum absolute atomic E-state index is 12.9. The number of thiazole rings is 1. The van der Waals surface area contributed by atoms with Gasteiger partial charge in [0.15, 0.2) is 0 Å². The van der Waals surface area contributed by atoms with Crippen LogP contribution >= 0.6 is 11.3 Å². The van der Waals surface area contributed by atoms with Crippen molar-refractivity contribution in [2.45, 2.75) is 45.2 Å². The van der Waals surface area contributed by atoms with Crippen LogP contribution in [0.5, 0.6) is 5.75 Å². The van der Waals surface area contributed by atoms with Gasteiger partial charge in [0.25, 0.3) is 0 Å². The SMILES string of the molecule is CC(C)c1nc(-c2ccc(C(F)(F)F)cc2)sc1C(C)c1cc2c(CC(=O)O)c[nH]c2cc1O. The van der Waals surface area contributed by atoms with Gasteiger partial charge in [0, 0.05) is 45.1 Å². The molecule has 0 radical (unpaired) electrons. The summed E-state index contributed by atoms with van der Waals surface area (Å²) in [7, 11) is 0. The summed E-state index contributed by atoms with van der Waals surface area (Å²) in [6.45, 7) is 5.91. The fourth-order valence-electron chi connectivity index (χ4n) is 4.02. The van der Waals surface area contributed by atoms with Crippen molar-refractivity contribution in [3.05, 3.63) is 69.9 Å². The summed E-state index contributed by atoms with van der Waals surface area (Å²) < 4.78 is 38.8. The van der Waals surface area contributed by atoms with Crippen LogP contribution in [-0.4, -0.2) is 26.2 Å². The van der Waals surface area contributed by atoms with Crippen molar-refractivity contribution in [3.8, 4) is 16.3 Å². The third-order valence-electron chi connectivity index (χ3n) is 5.80. The molecule has 0 spiro atoms. The Hall–Kier alpha value is -3.33. The molecule has 0 aliphatic rings. The molecule has 34 heavy (non-hydrogen) atoms. The van der Waals surface area contributed by atoms with Gasteiger partial charge in [-0.25, -0.2) is 4.98 Å². The number of H-pyrrole nitrogens is 1. The van der Waals surface area contributed by atoms with E-state index < -0.39 is 17.7 Å². The molecule has 4 aromatic rings. The number of benzene rings is 2. The Balaban J connectivity index is 1.77. The number of aromatic amines is 1. The number of aromatic nitrogens is 2. The average Bonchev–Trinajstić information content (AvgIpc) is 3.36. The molecular weight excluding hydrogens is 465 g/mol. The molecular formula is C25H23F3N2O3S. The van der Waals surface area contributed by atoms with Crippen molar-refractivity contribution >= 4 is 28.2 Å². The highest BCUT2D eigenvalue weighted by molar-refractivity contribution is 7.15. The second-order valence-electron chi connectivity index (χ2n) is 8.56. The van der Waals surface area contributed by atoms with Crippen LogP contribution in [-0.2, 0) is 17.4 Å². The third-order valence-corrected chi connectivity index (χ3v) is 7.11. The van der Waals surface area contributed by atoms with Crippen LogP contribution in [0, 0.1) is 0 Å². The number of phenolic OH excluding ortho intramolecular Hbond substituents is 1. The van der Waals surface area contributed by atoms with E-state index in [1.807, 2.05) is 20.8 Å². The molecule has 178 valence electrons. The fraction of sp³-hybridized carbons (Fsp3) is 0.280. The lowest BCUT2D eigenvalue weighted by Crippen LogP contribution is -2.03. The number of aromatic hydroxyl groups is 1. The Morgan fingerprint density at radius 1 is 1.15 bits per heavy atom. The molecule has 2 aromatic carbocycles. The lowest BCUT2D eigenvalue weighted by molar-refractivity contribution is -0.138. The summed E-state index contributed by atoms with van der Waals surface area (Å²) >= 11 is 1.38. The van der Waals surface area contributed by atoms with Crippen molar-refractivity contribution < 1.29 is 28.2 Å². The van der Waals surface area contributed by atoms with Crippen molar-refractivity contribution in [2.24, 2.45) is 0 Å². The van der Waals surface area contributed by atoms with Crippen LogP contribution in [0.25, 0.3) is 21.5 Å². The molecule has 4 rings (SSSR count). The van der Waals surface area contributed by atoms with Crippen LogP contribution in [0.15, 0.2) is 42.6 Å². The Labute approximate surface area is 197 Å². The number of carboxylic acids is 1. The summed E-state index contributed by atoms with van der Waals surface area (Å²) in [6.07, 6.45) is -2.92. The number of alkyl halides is 3. The zero-order valence-corrected chi connectivity index (χ0v) is 19.5. The minimum atomic E-state index is -4.40. The Morgan fingerprint density at radius 3 is 2.41 bits per heavy atom. The molecule has 0 aliphatic carbocycles. The molecule has 0 aliphatic heterocycles. The average molecular weight is 489 g/mol. The van der Waals surface area contributed by atoms with Crippen molar-refractivity contribution in [1.29, 1.82) is 0 Å². The number of carboxylic acid groups (broad SMARTS) is 1. The molecule has 0 bridgehead atoms. The van der Waals surface area contributed by atoms with Crippen LogP contribution in [0.4, 0.5) is 13.2 Å². The van der Waals surface area contributed by atoms with Gasteiger partial charge in [-0.15, -0.1) is 11.3 Å². The highest BCUT2D eigenvalue weighted by Gasteiger charge is 2.30. The van der Waals surface area contributed by atoms with Gasteiger partial charge >= 0.3 is 12.1 Å². The number of hydrogen-bond acceptors (Lipinski definition) is 4. The van der Waals surface area contributed by atoms with E-state index in [1.54, 1.807) is 18.3 Å². The van der Waals surface area contributed by atoms with Gasteiger partial charge in [-0.2, -0.15) is 13.2 Å². The molecule has 0 saturated carbocycles. The highest BCUT2D eigenvalue weighted by Crippen LogP contribution is 2.43.